The molecule has 0 radical (unpaired) electrons. The minimum atomic E-state index is 0.0260. The molecule has 1 aliphatic heterocycles. The maximum Gasteiger partial charge on any atom is 0.224 e. The number of benzene rings is 2. The lowest BCUT2D eigenvalue weighted by Gasteiger charge is -2.19. The summed E-state index contributed by atoms with van der Waals surface area (Å²) in [6, 6.07) is 9.45. The van der Waals surface area contributed by atoms with E-state index in [9.17, 15) is 4.79 Å². The lowest BCUT2D eigenvalue weighted by atomic mass is 10.0. The van der Waals surface area contributed by atoms with Gasteiger partial charge in [-0.2, -0.15) is 0 Å². The number of hydrogen-bond donors (Lipinski definition) is 2. The number of aryl methyl sites for hydroxylation is 2. The van der Waals surface area contributed by atoms with E-state index >= 15 is 0 Å². The second-order valence-corrected chi connectivity index (χ2v) is 6.02. The summed E-state index contributed by atoms with van der Waals surface area (Å²) in [5.41, 5.74) is 9.47. The van der Waals surface area contributed by atoms with E-state index in [2.05, 4.69) is 21.2 Å². The number of halogens is 1. The van der Waals surface area contributed by atoms with Crippen LogP contribution in [-0.2, 0) is 11.2 Å². The second kappa shape index (κ2) is 5.41. The van der Waals surface area contributed by atoms with Gasteiger partial charge in [-0.15, -0.1) is 0 Å². The van der Waals surface area contributed by atoms with Gasteiger partial charge in [-0.25, -0.2) is 0 Å². The molecule has 0 aliphatic carbocycles. The van der Waals surface area contributed by atoms with Crippen molar-refractivity contribution < 1.29 is 9.53 Å². The molecule has 0 unspecified atom stereocenters. The summed E-state index contributed by atoms with van der Waals surface area (Å²) in [4.78, 5) is 11.5. The number of nitrogens with one attached hydrogen (secondary N) is 1. The third kappa shape index (κ3) is 2.88. The van der Waals surface area contributed by atoms with E-state index in [0.29, 0.717) is 24.3 Å². The fourth-order valence-corrected chi connectivity index (χ4v) is 2.84. The third-order valence-electron chi connectivity index (χ3n) is 3.49. The van der Waals surface area contributed by atoms with Gasteiger partial charge in [0.1, 0.15) is 5.75 Å². The molecular formula is C16H15BrN2O2. The molecule has 0 bridgehead atoms. The summed E-state index contributed by atoms with van der Waals surface area (Å²) in [6.45, 7) is 1.97. The molecule has 1 aliphatic rings. The Bertz CT molecular complexity index is 728. The Balaban J connectivity index is 1.95. The predicted molar refractivity (Wildman–Crippen MR) is 86.8 cm³/mol. The van der Waals surface area contributed by atoms with E-state index < -0.39 is 0 Å². The molecule has 1 heterocycles. The van der Waals surface area contributed by atoms with Crippen LogP contribution >= 0.6 is 15.9 Å². The maximum absolute atomic E-state index is 11.5. The zero-order chi connectivity index (χ0) is 15.0. The molecule has 3 rings (SSSR count). The predicted octanol–water partition coefficient (Wildman–Crippen LogP) is 4.02. The van der Waals surface area contributed by atoms with Crippen LogP contribution in [0.4, 0.5) is 11.4 Å². The van der Waals surface area contributed by atoms with Gasteiger partial charge in [0.15, 0.2) is 5.75 Å². The standard InChI is InChI=1S/C16H15BrN2O2/c1-9-6-11(17)3-4-14(9)21-15-8-13-10(7-12(15)18)2-5-16(20)19-13/h3-4,6-8H,2,5,18H2,1H3,(H,19,20). The minimum Gasteiger partial charge on any atom is -0.455 e. The van der Waals surface area contributed by atoms with E-state index in [1.807, 2.05) is 31.2 Å². The van der Waals surface area contributed by atoms with E-state index in [4.69, 9.17) is 10.5 Å². The average molecular weight is 347 g/mol. The Kier molecular flexibility index (Phi) is 3.59. The van der Waals surface area contributed by atoms with Gasteiger partial charge in [0, 0.05) is 22.6 Å². The van der Waals surface area contributed by atoms with Crippen molar-refractivity contribution in [3.63, 3.8) is 0 Å². The average Bonchev–Trinajstić information content (AvgIpc) is 2.43. The van der Waals surface area contributed by atoms with Crippen molar-refractivity contribution in [2.45, 2.75) is 19.8 Å². The van der Waals surface area contributed by atoms with Crippen molar-refractivity contribution in [3.05, 3.63) is 45.9 Å². The molecular weight excluding hydrogens is 332 g/mol. The maximum atomic E-state index is 11.5. The van der Waals surface area contributed by atoms with Crippen LogP contribution in [0, 0.1) is 6.92 Å². The molecule has 0 spiro atoms. The summed E-state index contributed by atoms with van der Waals surface area (Å²) in [7, 11) is 0. The smallest absolute Gasteiger partial charge is 0.224 e. The van der Waals surface area contributed by atoms with E-state index in [-0.39, 0.29) is 5.91 Å². The number of rotatable bonds is 2. The first-order valence-corrected chi connectivity index (χ1v) is 7.48. The number of hydrogen-bond acceptors (Lipinski definition) is 3. The molecule has 4 nitrogen and oxygen atoms in total. The zero-order valence-electron chi connectivity index (χ0n) is 11.6. The molecule has 0 saturated heterocycles. The highest BCUT2D eigenvalue weighted by molar-refractivity contribution is 9.10. The lowest BCUT2D eigenvalue weighted by Crippen LogP contribution is -2.19. The SMILES string of the molecule is Cc1cc(Br)ccc1Oc1cc2c(cc1N)CCC(=O)N2. The summed E-state index contributed by atoms with van der Waals surface area (Å²) in [6.07, 6.45) is 1.21. The van der Waals surface area contributed by atoms with Gasteiger partial charge in [0.25, 0.3) is 0 Å². The Morgan fingerprint density at radius 1 is 1.19 bits per heavy atom. The normalized spacial score (nSPS) is 13.5. The highest BCUT2D eigenvalue weighted by atomic mass is 79.9. The second-order valence-electron chi connectivity index (χ2n) is 5.11. The largest absolute Gasteiger partial charge is 0.455 e. The molecule has 0 aromatic heterocycles. The fraction of sp³-hybridized carbons (Fsp3) is 0.188. The van der Waals surface area contributed by atoms with Crippen molar-refractivity contribution in [3.8, 4) is 11.5 Å². The monoisotopic (exact) mass is 346 g/mol. The first kappa shape index (κ1) is 13.9. The Labute approximate surface area is 131 Å². The molecule has 2 aromatic rings. The fourth-order valence-electron chi connectivity index (χ4n) is 2.36. The molecule has 5 heteroatoms. The van der Waals surface area contributed by atoms with E-state index in [1.54, 1.807) is 6.07 Å². The van der Waals surface area contributed by atoms with E-state index in [1.165, 1.54) is 0 Å². The van der Waals surface area contributed by atoms with Crippen molar-refractivity contribution in [1.82, 2.24) is 0 Å². The van der Waals surface area contributed by atoms with Crippen LogP contribution < -0.4 is 15.8 Å². The summed E-state index contributed by atoms with van der Waals surface area (Å²) in [5, 5.41) is 2.86. The first-order chi connectivity index (χ1) is 10.0. The van der Waals surface area contributed by atoms with Crippen LogP contribution in [0.25, 0.3) is 0 Å². The molecule has 0 fully saturated rings. The van der Waals surface area contributed by atoms with Crippen LogP contribution in [0.3, 0.4) is 0 Å². The quantitative estimate of drug-likeness (QED) is 0.807. The number of carbonyl (C=O) groups excluding carboxylic acids is 1. The third-order valence-corrected chi connectivity index (χ3v) is 3.98. The molecule has 3 N–H and O–H groups in total. The number of nitrogen functional groups attached to an aromatic ring is 1. The minimum absolute atomic E-state index is 0.0260. The zero-order valence-corrected chi connectivity index (χ0v) is 13.2. The van der Waals surface area contributed by atoms with Crippen LogP contribution in [-0.4, -0.2) is 5.91 Å². The summed E-state index contributed by atoms with van der Waals surface area (Å²) < 4.78 is 6.90. The van der Waals surface area contributed by atoms with Gasteiger partial charge in [0.05, 0.1) is 5.69 Å². The number of anilines is 2. The molecule has 2 aromatic carbocycles. The van der Waals surface area contributed by atoms with Gasteiger partial charge < -0.3 is 15.8 Å². The molecule has 108 valence electrons. The first-order valence-electron chi connectivity index (χ1n) is 6.69. The van der Waals surface area contributed by atoms with Crippen LogP contribution in [0.15, 0.2) is 34.8 Å². The lowest BCUT2D eigenvalue weighted by molar-refractivity contribution is -0.116. The van der Waals surface area contributed by atoms with E-state index in [0.717, 1.165) is 27.0 Å². The van der Waals surface area contributed by atoms with Crippen LogP contribution in [0.2, 0.25) is 0 Å². The number of ether oxygens (including phenoxy) is 1. The topological polar surface area (TPSA) is 64.3 Å². The number of amides is 1. The number of fused-ring (bicyclic) bond motifs is 1. The number of nitrogens with two attached hydrogens (primary N) is 1. The van der Waals surface area contributed by atoms with Crippen LogP contribution in [0.5, 0.6) is 11.5 Å². The van der Waals surface area contributed by atoms with Gasteiger partial charge in [-0.1, -0.05) is 15.9 Å². The van der Waals surface area contributed by atoms with Crippen molar-refractivity contribution in [2.24, 2.45) is 0 Å². The van der Waals surface area contributed by atoms with Gasteiger partial charge in [-0.05, 0) is 48.7 Å². The summed E-state index contributed by atoms with van der Waals surface area (Å²) >= 11 is 3.42. The summed E-state index contributed by atoms with van der Waals surface area (Å²) in [5.74, 6) is 1.33. The number of carbonyl (C=O) groups is 1. The van der Waals surface area contributed by atoms with Gasteiger partial charge >= 0.3 is 0 Å². The highest BCUT2D eigenvalue weighted by Gasteiger charge is 2.17. The molecule has 0 saturated carbocycles. The molecule has 21 heavy (non-hydrogen) atoms. The Morgan fingerprint density at radius 3 is 2.76 bits per heavy atom. The Hall–Kier alpha value is -2.01. The Morgan fingerprint density at radius 2 is 2.00 bits per heavy atom. The van der Waals surface area contributed by atoms with Crippen molar-refractivity contribution in [2.75, 3.05) is 11.1 Å². The van der Waals surface area contributed by atoms with Crippen molar-refractivity contribution >= 4 is 33.2 Å². The van der Waals surface area contributed by atoms with Crippen molar-refractivity contribution in [1.29, 1.82) is 0 Å². The van der Waals surface area contributed by atoms with Gasteiger partial charge in [-0.3, -0.25) is 4.79 Å². The highest BCUT2D eigenvalue weighted by Crippen LogP contribution is 2.36. The van der Waals surface area contributed by atoms with Crippen LogP contribution in [0.1, 0.15) is 17.5 Å². The molecule has 0 atom stereocenters. The van der Waals surface area contributed by atoms with Gasteiger partial charge in [0.2, 0.25) is 5.91 Å². The molecule has 1 amide bonds.